The summed E-state index contributed by atoms with van der Waals surface area (Å²) in [7, 11) is 0. The maximum atomic E-state index is 12.3. The van der Waals surface area contributed by atoms with Gasteiger partial charge in [0.1, 0.15) is 11.8 Å². The summed E-state index contributed by atoms with van der Waals surface area (Å²) in [5.41, 5.74) is 4.88. The predicted octanol–water partition coefficient (Wildman–Crippen LogP) is 1.60. The predicted molar refractivity (Wildman–Crippen MR) is 55.1 cm³/mol. The lowest BCUT2D eigenvalue weighted by atomic mass is 10.1. The molecule has 3 nitrogen and oxygen atoms in total. The molecule has 0 spiro atoms. The molecule has 2 unspecified atom stereocenters. The van der Waals surface area contributed by atoms with Crippen molar-refractivity contribution in [2.75, 3.05) is 12.4 Å². The van der Waals surface area contributed by atoms with Crippen molar-refractivity contribution in [3.8, 4) is 0 Å². The van der Waals surface area contributed by atoms with E-state index in [0.29, 0.717) is 6.42 Å². The average Bonchev–Trinajstić information content (AvgIpc) is 2.01. The third-order valence-electron chi connectivity index (χ3n) is 1.85. The fourth-order valence-corrected chi connectivity index (χ4v) is 2.05. The van der Waals surface area contributed by atoms with Crippen LogP contribution in [0, 0.1) is 11.3 Å². The van der Waals surface area contributed by atoms with E-state index in [4.69, 9.17) is 16.2 Å². The first-order valence-electron chi connectivity index (χ1n) is 4.42. The number of thioether (sulfide) groups is 1. The summed E-state index contributed by atoms with van der Waals surface area (Å²) in [5.74, 6) is -3.00. The highest BCUT2D eigenvalue weighted by atomic mass is 32.2. The number of alkyl halides is 3. The Kier molecular flexibility index (Phi) is 6.04. The van der Waals surface area contributed by atoms with Crippen LogP contribution in [0.15, 0.2) is 0 Å². The number of aliphatic hydroxyl groups excluding tert-OH is 1. The van der Waals surface area contributed by atoms with Gasteiger partial charge in [-0.1, -0.05) is 6.92 Å². The number of aliphatic hydroxyl groups is 1. The van der Waals surface area contributed by atoms with Gasteiger partial charge in [0.15, 0.2) is 0 Å². The van der Waals surface area contributed by atoms with Gasteiger partial charge < -0.3 is 10.8 Å². The fourth-order valence-electron chi connectivity index (χ4n) is 0.886. The molecule has 90 valence electrons. The molecule has 0 saturated heterocycles. The SMILES string of the molecule is CC(CCO)SCC(C(=N)N)C(F)(F)F. The van der Waals surface area contributed by atoms with Gasteiger partial charge in [-0.2, -0.15) is 24.9 Å². The largest absolute Gasteiger partial charge is 0.399 e. The minimum absolute atomic E-state index is 0.0507. The van der Waals surface area contributed by atoms with Crippen LogP contribution < -0.4 is 5.73 Å². The summed E-state index contributed by atoms with van der Waals surface area (Å²) in [6, 6.07) is 0. The molecule has 0 aromatic heterocycles. The first-order chi connectivity index (χ1) is 6.79. The second-order valence-corrected chi connectivity index (χ2v) is 4.68. The lowest BCUT2D eigenvalue weighted by Gasteiger charge is -2.20. The van der Waals surface area contributed by atoms with Crippen LogP contribution in [0.1, 0.15) is 13.3 Å². The van der Waals surface area contributed by atoms with Crippen LogP contribution >= 0.6 is 11.8 Å². The van der Waals surface area contributed by atoms with E-state index in [1.165, 1.54) is 0 Å². The van der Waals surface area contributed by atoms with Crippen LogP contribution in [-0.2, 0) is 0 Å². The molecule has 0 rings (SSSR count). The first kappa shape index (κ1) is 14.6. The second kappa shape index (κ2) is 6.22. The Bertz CT molecular complexity index is 211. The van der Waals surface area contributed by atoms with Gasteiger partial charge >= 0.3 is 6.18 Å². The van der Waals surface area contributed by atoms with Crippen LogP contribution in [-0.4, -0.2) is 34.7 Å². The zero-order valence-corrected chi connectivity index (χ0v) is 9.16. The van der Waals surface area contributed by atoms with Crippen LogP contribution in [0.5, 0.6) is 0 Å². The fraction of sp³-hybridized carbons (Fsp3) is 0.875. The molecular weight excluding hydrogens is 229 g/mol. The Morgan fingerprint density at radius 1 is 1.53 bits per heavy atom. The Balaban J connectivity index is 4.15. The van der Waals surface area contributed by atoms with E-state index in [1.807, 2.05) is 0 Å². The highest BCUT2D eigenvalue weighted by molar-refractivity contribution is 7.99. The smallest absolute Gasteiger partial charge is 0.396 e. The molecule has 0 radical (unpaired) electrons. The maximum Gasteiger partial charge on any atom is 0.399 e. The normalized spacial score (nSPS) is 16.1. The second-order valence-electron chi connectivity index (χ2n) is 3.21. The number of hydrogen-bond donors (Lipinski definition) is 3. The van der Waals surface area contributed by atoms with Crippen LogP contribution in [0.4, 0.5) is 13.2 Å². The van der Waals surface area contributed by atoms with Gasteiger partial charge in [-0.15, -0.1) is 0 Å². The van der Waals surface area contributed by atoms with Gasteiger partial charge in [0.2, 0.25) is 0 Å². The van der Waals surface area contributed by atoms with Crippen molar-refractivity contribution in [2.24, 2.45) is 11.7 Å². The number of hydrogen-bond acceptors (Lipinski definition) is 3. The Labute approximate surface area is 90.7 Å². The molecule has 0 aliphatic heterocycles. The third-order valence-corrected chi connectivity index (χ3v) is 3.18. The highest BCUT2D eigenvalue weighted by Gasteiger charge is 2.41. The first-order valence-corrected chi connectivity index (χ1v) is 5.47. The minimum atomic E-state index is -4.46. The van der Waals surface area contributed by atoms with Crippen molar-refractivity contribution in [3.05, 3.63) is 0 Å². The van der Waals surface area contributed by atoms with E-state index in [0.717, 1.165) is 11.8 Å². The summed E-state index contributed by atoms with van der Waals surface area (Å²) in [6.07, 6.45) is -4.02. The lowest BCUT2D eigenvalue weighted by molar-refractivity contribution is -0.150. The van der Waals surface area contributed by atoms with Crippen molar-refractivity contribution in [1.29, 1.82) is 5.41 Å². The number of halogens is 3. The molecule has 0 heterocycles. The van der Waals surface area contributed by atoms with Crippen LogP contribution in [0.3, 0.4) is 0 Å². The Morgan fingerprint density at radius 2 is 2.07 bits per heavy atom. The molecule has 7 heteroatoms. The summed E-state index contributed by atoms with van der Waals surface area (Å²) in [6.45, 7) is 1.68. The van der Waals surface area contributed by atoms with E-state index >= 15 is 0 Å². The van der Waals surface area contributed by atoms with Crippen molar-refractivity contribution in [2.45, 2.75) is 24.8 Å². The van der Waals surface area contributed by atoms with Gasteiger partial charge in [0, 0.05) is 17.6 Å². The molecule has 0 aromatic carbocycles. The molecule has 0 aliphatic carbocycles. The summed E-state index contributed by atoms with van der Waals surface area (Å²) in [4.78, 5) is 0. The lowest BCUT2D eigenvalue weighted by Crippen LogP contribution is -2.37. The van der Waals surface area contributed by atoms with Crippen LogP contribution in [0.25, 0.3) is 0 Å². The third kappa shape index (κ3) is 5.88. The Hall–Kier alpha value is -0.430. The van der Waals surface area contributed by atoms with E-state index < -0.39 is 17.9 Å². The topological polar surface area (TPSA) is 70.1 Å². The average molecular weight is 244 g/mol. The molecule has 0 aliphatic rings. The van der Waals surface area contributed by atoms with E-state index in [2.05, 4.69) is 0 Å². The zero-order chi connectivity index (χ0) is 12.1. The molecule has 0 aromatic rings. The van der Waals surface area contributed by atoms with Crippen LogP contribution in [0.2, 0.25) is 0 Å². The number of rotatable bonds is 6. The van der Waals surface area contributed by atoms with Gasteiger partial charge in [0.05, 0.1) is 0 Å². The molecule has 0 bridgehead atoms. The molecular formula is C8H15F3N2OS. The molecule has 0 saturated carbocycles. The van der Waals surface area contributed by atoms with Crippen molar-refractivity contribution < 1.29 is 18.3 Å². The Morgan fingerprint density at radius 3 is 2.40 bits per heavy atom. The van der Waals surface area contributed by atoms with Crippen molar-refractivity contribution in [1.82, 2.24) is 0 Å². The van der Waals surface area contributed by atoms with E-state index in [9.17, 15) is 13.2 Å². The summed E-state index contributed by atoms with van der Waals surface area (Å²) < 4.78 is 37.0. The number of amidine groups is 1. The number of nitrogens with one attached hydrogen (secondary N) is 1. The van der Waals surface area contributed by atoms with Gasteiger partial charge in [-0.05, 0) is 6.42 Å². The van der Waals surface area contributed by atoms with Crippen molar-refractivity contribution in [3.63, 3.8) is 0 Å². The van der Waals surface area contributed by atoms with E-state index in [1.54, 1.807) is 6.92 Å². The summed E-state index contributed by atoms with van der Waals surface area (Å²) >= 11 is 1.06. The molecule has 2 atom stereocenters. The zero-order valence-electron chi connectivity index (χ0n) is 8.34. The molecule has 15 heavy (non-hydrogen) atoms. The van der Waals surface area contributed by atoms with Gasteiger partial charge in [0.25, 0.3) is 0 Å². The number of nitrogens with two attached hydrogens (primary N) is 1. The van der Waals surface area contributed by atoms with Gasteiger partial charge in [-0.25, -0.2) is 0 Å². The standard InChI is InChI=1S/C8H15F3N2OS/c1-5(2-3-14)15-4-6(7(12)13)8(9,10)11/h5-6,14H,2-4H2,1H3,(H3,12,13). The molecule has 4 N–H and O–H groups in total. The maximum absolute atomic E-state index is 12.3. The monoisotopic (exact) mass is 244 g/mol. The molecule has 0 fully saturated rings. The van der Waals surface area contributed by atoms with Gasteiger partial charge in [-0.3, -0.25) is 5.41 Å². The highest BCUT2D eigenvalue weighted by Crippen LogP contribution is 2.30. The minimum Gasteiger partial charge on any atom is -0.396 e. The summed E-state index contributed by atoms with van der Waals surface area (Å²) in [5, 5.41) is 15.3. The molecule has 0 amide bonds. The van der Waals surface area contributed by atoms with E-state index in [-0.39, 0.29) is 17.6 Å². The van der Waals surface area contributed by atoms with Crippen molar-refractivity contribution >= 4 is 17.6 Å². The quantitative estimate of drug-likeness (QED) is 0.491.